The molecular weight excluding hydrogens is 258 g/mol. The van der Waals surface area contributed by atoms with E-state index in [9.17, 15) is 4.79 Å². The highest BCUT2D eigenvalue weighted by Gasteiger charge is 2.19. The Balaban J connectivity index is 2.00. The third-order valence-corrected chi connectivity index (χ3v) is 3.43. The average molecular weight is 279 g/mol. The molecule has 0 saturated carbocycles. The molecule has 0 unspecified atom stereocenters. The van der Waals surface area contributed by atoms with Crippen LogP contribution in [-0.4, -0.2) is 44.7 Å². The minimum Gasteiger partial charge on any atom is -0.493 e. The third-order valence-electron chi connectivity index (χ3n) is 3.43. The molecule has 1 aliphatic rings. The molecule has 5 nitrogen and oxygen atoms in total. The van der Waals surface area contributed by atoms with Crippen LogP contribution in [0.2, 0.25) is 0 Å². The van der Waals surface area contributed by atoms with Crippen LogP contribution in [0, 0.1) is 0 Å². The van der Waals surface area contributed by atoms with E-state index in [1.54, 1.807) is 26.4 Å². The van der Waals surface area contributed by atoms with Crippen molar-refractivity contribution in [2.24, 2.45) is 0 Å². The number of methoxy groups -OCH3 is 2. The van der Waals surface area contributed by atoms with Gasteiger partial charge in [-0.15, -0.1) is 0 Å². The van der Waals surface area contributed by atoms with E-state index in [1.165, 1.54) is 6.42 Å². The minimum atomic E-state index is 0.0106. The Labute approximate surface area is 119 Å². The number of hydrogen-bond acceptors (Lipinski definition) is 4. The van der Waals surface area contributed by atoms with Crippen LogP contribution < -0.4 is 14.2 Å². The Morgan fingerprint density at radius 3 is 2.25 bits per heavy atom. The zero-order valence-electron chi connectivity index (χ0n) is 12.1. The van der Waals surface area contributed by atoms with E-state index in [1.807, 2.05) is 11.0 Å². The predicted octanol–water partition coefficient (Wildman–Crippen LogP) is 2.10. The molecule has 0 N–H and O–H groups in total. The molecule has 0 atom stereocenters. The molecule has 0 spiro atoms. The first-order valence-electron chi connectivity index (χ1n) is 6.88. The smallest absolute Gasteiger partial charge is 0.260 e. The van der Waals surface area contributed by atoms with Crippen molar-refractivity contribution in [2.45, 2.75) is 19.3 Å². The molecule has 1 saturated heterocycles. The molecule has 1 aromatic rings. The molecule has 0 aromatic heterocycles. The maximum atomic E-state index is 12.1. The van der Waals surface area contributed by atoms with E-state index in [4.69, 9.17) is 14.2 Å². The number of amides is 1. The highest BCUT2D eigenvalue weighted by atomic mass is 16.5. The van der Waals surface area contributed by atoms with Gasteiger partial charge in [-0.1, -0.05) is 6.07 Å². The quantitative estimate of drug-likeness (QED) is 0.828. The van der Waals surface area contributed by atoms with Gasteiger partial charge in [-0.2, -0.15) is 0 Å². The molecule has 0 radical (unpaired) electrons. The number of likely N-dealkylation sites (tertiary alicyclic amines) is 1. The van der Waals surface area contributed by atoms with Crippen molar-refractivity contribution in [1.82, 2.24) is 4.90 Å². The van der Waals surface area contributed by atoms with Gasteiger partial charge in [-0.3, -0.25) is 4.79 Å². The highest BCUT2D eigenvalue weighted by molar-refractivity contribution is 5.78. The summed E-state index contributed by atoms with van der Waals surface area (Å²) >= 11 is 0. The predicted molar refractivity (Wildman–Crippen MR) is 75.5 cm³/mol. The van der Waals surface area contributed by atoms with E-state index in [2.05, 4.69) is 0 Å². The van der Waals surface area contributed by atoms with Crippen LogP contribution in [0.1, 0.15) is 19.3 Å². The molecule has 0 aliphatic carbocycles. The summed E-state index contributed by atoms with van der Waals surface area (Å²) in [5.74, 6) is 1.62. The molecule has 1 aromatic carbocycles. The van der Waals surface area contributed by atoms with Gasteiger partial charge in [0.1, 0.15) is 0 Å². The van der Waals surface area contributed by atoms with Gasteiger partial charge in [-0.05, 0) is 31.4 Å². The first kappa shape index (κ1) is 14.5. The lowest BCUT2D eigenvalue weighted by atomic mass is 10.1. The molecule has 2 rings (SSSR count). The van der Waals surface area contributed by atoms with Crippen molar-refractivity contribution in [3.8, 4) is 17.2 Å². The Morgan fingerprint density at radius 2 is 1.70 bits per heavy atom. The van der Waals surface area contributed by atoms with Gasteiger partial charge in [0.05, 0.1) is 14.2 Å². The number of piperidine rings is 1. The van der Waals surface area contributed by atoms with Crippen LogP contribution in [0.15, 0.2) is 18.2 Å². The summed E-state index contributed by atoms with van der Waals surface area (Å²) in [5, 5.41) is 0. The van der Waals surface area contributed by atoms with Crippen molar-refractivity contribution in [1.29, 1.82) is 0 Å². The highest BCUT2D eigenvalue weighted by Crippen LogP contribution is 2.36. The van der Waals surface area contributed by atoms with Crippen LogP contribution in [0.25, 0.3) is 0 Å². The fourth-order valence-electron chi connectivity index (χ4n) is 2.33. The van der Waals surface area contributed by atoms with E-state index in [0.29, 0.717) is 17.2 Å². The number of ether oxygens (including phenoxy) is 3. The third kappa shape index (κ3) is 3.35. The van der Waals surface area contributed by atoms with Gasteiger partial charge in [0.2, 0.25) is 5.75 Å². The van der Waals surface area contributed by atoms with Gasteiger partial charge in [-0.25, -0.2) is 0 Å². The van der Waals surface area contributed by atoms with Gasteiger partial charge >= 0.3 is 0 Å². The van der Waals surface area contributed by atoms with Crippen LogP contribution in [0.3, 0.4) is 0 Å². The van der Waals surface area contributed by atoms with Crippen LogP contribution in [-0.2, 0) is 4.79 Å². The lowest BCUT2D eigenvalue weighted by molar-refractivity contribution is -0.134. The monoisotopic (exact) mass is 279 g/mol. The van der Waals surface area contributed by atoms with Crippen LogP contribution in [0.4, 0.5) is 0 Å². The zero-order chi connectivity index (χ0) is 14.4. The molecular formula is C15H21NO4. The average Bonchev–Trinajstić information content (AvgIpc) is 2.52. The van der Waals surface area contributed by atoms with E-state index in [-0.39, 0.29) is 12.5 Å². The van der Waals surface area contributed by atoms with Gasteiger partial charge in [0.15, 0.2) is 18.1 Å². The molecule has 110 valence electrons. The maximum absolute atomic E-state index is 12.1. The SMILES string of the molecule is COc1cccc(OC)c1OCC(=O)N1CCCCC1. The minimum absolute atomic E-state index is 0.0106. The number of para-hydroxylation sites is 1. The lowest BCUT2D eigenvalue weighted by Crippen LogP contribution is -2.38. The summed E-state index contributed by atoms with van der Waals surface area (Å²) in [6, 6.07) is 5.38. The number of hydrogen-bond donors (Lipinski definition) is 0. The molecule has 5 heteroatoms. The number of carbonyl (C=O) groups is 1. The Bertz CT molecular complexity index is 433. The summed E-state index contributed by atoms with van der Waals surface area (Å²) in [6.07, 6.45) is 3.35. The van der Waals surface area contributed by atoms with E-state index >= 15 is 0 Å². The van der Waals surface area contributed by atoms with Crippen LogP contribution in [0.5, 0.6) is 17.2 Å². The summed E-state index contributed by atoms with van der Waals surface area (Å²) in [6.45, 7) is 1.66. The Morgan fingerprint density at radius 1 is 1.10 bits per heavy atom. The Kier molecular flexibility index (Phi) is 5.09. The topological polar surface area (TPSA) is 48.0 Å². The summed E-state index contributed by atoms with van der Waals surface area (Å²) in [7, 11) is 3.13. The first-order chi connectivity index (χ1) is 9.76. The fraction of sp³-hybridized carbons (Fsp3) is 0.533. The standard InChI is InChI=1S/C15H21NO4/c1-18-12-7-6-8-13(19-2)15(12)20-11-14(17)16-9-4-3-5-10-16/h6-8H,3-5,9-11H2,1-2H3. The van der Waals surface area contributed by atoms with Gasteiger partial charge < -0.3 is 19.1 Å². The molecule has 1 amide bonds. The summed E-state index contributed by atoms with van der Waals surface area (Å²) in [4.78, 5) is 13.9. The van der Waals surface area contributed by atoms with Crippen molar-refractivity contribution < 1.29 is 19.0 Å². The second-order valence-electron chi connectivity index (χ2n) is 4.72. The van der Waals surface area contributed by atoms with E-state index < -0.39 is 0 Å². The fourth-order valence-corrected chi connectivity index (χ4v) is 2.33. The first-order valence-corrected chi connectivity index (χ1v) is 6.88. The Hall–Kier alpha value is -1.91. The lowest BCUT2D eigenvalue weighted by Gasteiger charge is -2.26. The number of rotatable bonds is 5. The molecule has 1 aliphatic heterocycles. The second-order valence-corrected chi connectivity index (χ2v) is 4.72. The molecule has 1 fully saturated rings. The number of nitrogens with zero attached hydrogens (tertiary/aromatic N) is 1. The molecule has 0 bridgehead atoms. The van der Waals surface area contributed by atoms with Crippen molar-refractivity contribution >= 4 is 5.91 Å². The molecule has 20 heavy (non-hydrogen) atoms. The largest absolute Gasteiger partial charge is 0.493 e. The summed E-state index contributed by atoms with van der Waals surface area (Å²) in [5.41, 5.74) is 0. The maximum Gasteiger partial charge on any atom is 0.260 e. The number of benzene rings is 1. The summed E-state index contributed by atoms with van der Waals surface area (Å²) < 4.78 is 16.1. The zero-order valence-corrected chi connectivity index (χ0v) is 12.1. The molecule has 1 heterocycles. The van der Waals surface area contributed by atoms with Crippen molar-refractivity contribution in [3.05, 3.63) is 18.2 Å². The van der Waals surface area contributed by atoms with Crippen LogP contribution >= 0.6 is 0 Å². The normalized spacial score (nSPS) is 14.8. The van der Waals surface area contributed by atoms with Crippen molar-refractivity contribution in [3.63, 3.8) is 0 Å². The van der Waals surface area contributed by atoms with Gasteiger partial charge in [0.25, 0.3) is 5.91 Å². The van der Waals surface area contributed by atoms with Gasteiger partial charge in [0, 0.05) is 13.1 Å². The second kappa shape index (κ2) is 7.03. The number of carbonyl (C=O) groups excluding carboxylic acids is 1. The van der Waals surface area contributed by atoms with Crippen molar-refractivity contribution in [2.75, 3.05) is 33.9 Å². The van der Waals surface area contributed by atoms with E-state index in [0.717, 1.165) is 25.9 Å².